The van der Waals surface area contributed by atoms with E-state index in [4.69, 9.17) is 16.7 Å². The number of hydrogen-bond donors (Lipinski definition) is 2. The molecule has 2 aromatic heterocycles. The molecule has 112 valence electrons. The third kappa shape index (κ3) is 2.71. The molecule has 0 bridgehead atoms. The molecule has 0 aliphatic heterocycles. The highest BCUT2D eigenvalue weighted by atomic mass is 35.5. The Morgan fingerprint density at radius 1 is 1.36 bits per heavy atom. The third-order valence-corrected chi connectivity index (χ3v) is 3.33. The van der Waals surface area contributed by atoms with Crippen molar-refractivity contribution in [3.05, 3.63) is 58.6 Å². The van der Waals surface area contributed by atoms with Crippen molar-refractivity contribution in [3.8, 4) is 0 Å². The van der Waals surface area contributed by atoms with E-state index in [0.717, 1.165) is 5.56 Å². The number of imidazole rings is 1. The number of carbonyl (C=O) groups is 1. The first-order chi connectivity index (χ1) is 10.5. The SMILES string of the molecule is O=C(O)c1cnc2ccc(NCc3ccc(F)c(Cl)c3)nn12. The highest BCUT2D eigenvalue weighted by Gasteiger charge is 2.11. The number of hydrogen-bond acceptors (Lipinski definition) is 4. The second-order valence-corrected chi connectivity index (χ2v) is 4.95. The molecule has 0 fully saturated rings. The van der Waals surface area contributed by atoms with Crippen LogP contribution >= 0.6 is 11.6 Å². The Balaban J connectivity index is 1.83. The van der Waals surface area contributed by atoms with E-state index >= 15 is 0 Å². The molecule has 0 saturated carbocycles. The predicted molar refractivity (Wildman–Crippen MR) is 78.7 cm³/mol. The minimum Gasteiger partial charge on any atom is -0.476 e. The molecule has 0 saturated heterocycles. The summed E-state index contributed by atoms with van der Waals surface area (Å²) in [6.07, 6.45) is 1.24. The predicted octanol–water partition coefficient (Wildman–Crippen LogP) is 2.83. The Hall–Kier alpha value is -2.67. The Bertz CT molecular complexity index is 865. The number of anilines is 1. The number of aromatic nitrogens is 3. The van der Waals surface area contributed by atoms with Crippen LogP contribution in [0, 0.1) is 5.82 Å². The maximum atomic E-state index is 13.1. The molecule has 0 aliphatic rings. The molecule has 22 heavy (non-hydrogen) atoms. The fraction of sp³-hybridized carbons (Fsp3) is 0.0714. The van der Waals surface area contributed by atoms with Gasteiger partial charge in [-0.2, -0.15) is 0 Å². The summed E-state index contributed by atoms with van der Waals surface area (Å²) in [6, 6.07) is 7.74. The molecule has 0 amide bonds. The van der Waals surface area contributed by atoms with E-state index in [9.17, 15) is 9.18 Å². The Morgan fingerprint density at radius 3 is 2.91 bits per heavy atom. The largest absolute Gasteiger partial charge is 0.476 e. The van der Waals surface area contributed by atoms with Crippen LogP contribution in [0.2, 0.25) is 5.02 Å². The number of fused-ring (bicyclic) bond motifs is 1. The van der Waals surface area contributed by atoms with Gasteiger partial charge < -0.3 is 10.4 Å². The first-order valence-corrected chi connectivity index (χ1v) is 6.68. The van der Waals surface area contributed by atoms with Crippen molar-refractivity contribution in [1.29, 1.82) is 0 Å². The minimum atomic E-state index is -1.11. The van der Waals surface area contributed by atoms with Crippen molar-refractivity contribution in [2.24, 2.45) is 0 Å². The van der Waals surface area contributed by atoms with E-state index in [1.54, 1.807) is 18.2 Å². The van der Waals surface area contributed by atoms with Crippen molar-refractivity contribution in [2.75, 3.05) is 5.32 Å². The average Bonchev–Trinajstić information content (AvgIpc) is 2.91. The number of nitrogens with zero attached hydrogens (tertiary/aromatic N) is 3. The average molecular weight is 321 g/mol. The molecule has 0 aliphatic carbocycles. The molecule has 2 N–H and O–H groups in total. The molecule has 3 aromatic rings. The molecule has 0 unspecified atom stereocenters. The van der Waals surface area contributed by atoms with Crippen LogP contribution in [0.25, 0.3) is 5.65 Å². The van der Waals surface area contributed by atoms with Gasteiger partial charge in [-0.3, -0.25) is 0 Å². The topological polar surface area (TPSA) is 79.5 Å². The van der Waals surface area contributed by atoms with Crippen LogP contribution in [-0.2, 0) is 6.54 Å². The summed E-state index contributed by atoms with van der Waals surface area (Å²) in [7, 11) is 0. The first kappa shape index (κ1) is 14.3. The summed E-state index contributed by atoms with van der Waals surface area (Å²) in [5, 5.41) is 16.3. The molecular formula is C14H10ClFN4O2. The summed E-state index contributed by atoms with van der Waals surface area (Å²) < 4.78 is 14.3. The quantitative estimate of drug-likeness (QED) is 0.772. The molecule has 3 rings (SSSR count). The van der Waals surface area contributed by atoms with Gasteiger partial charge in [0.15, 0.2) is 11.3 Å². The van der Waals surface area contributed by atoms with Gasteiger partial charge in [0, 0.05) is 6.54 Å². The van der Waals surface area contributed by atoms with Crippen LogP contribution in [0.5, 0.6) is 0 Å². The zero-order valence-corrected chi connectivity index (χ0v) is 11.9. The molecular weight excluding hydrogens is 311 g/mol. The van der Waals surface area contributed by atoms with Gasteiger partial charge in [-0.05, 0) is 29.8 Å². The van der Waals surface area contributed by atoms with Crippen LogP contribution in [0.3, 0.4) is 0 Å². The van der Waals surface area contributed by atoms with Gasteiger partial charge in [0.05, 0.1) is 11.2 Å². The van der Waals surface area contributed by atoms with Crippen LogP contribution in [0.1, 0.15) is 16.1 Å². The van der Waals surface area contributed by atoms with E-state index in [1.165, 1.54) is 22.8 Å². The lowest BCUT2D eigenvalue weighted by atomic mass is 10.2. The van der Waals surface area contributed by atoms with Gasteiger partial charge in [-0.25, -0.2) is 18.7 Å². The number of benzene rings is 1. The van der Waals surface area contributed by atoms with Gasteiger partial charge in [-0.1, -0.05) is 17.7 Å². The maximum absolute atomic E-state index is 13.1. The smallest absolute Gasteiger partial charge is 0.356 e. The van der Waals surface area contributed by atoms with Gasteiger partial charge >= 0.3 is 5.97 Å². The van der Waals surface area contributed by atoms with Gasteiger partial charge in [0.25, 0.3) is 0 Å². The number of nitrogens with one attached hydrogen (secondary N) is 1. The zero-order valence-electron chi connectivity index (χ0n) is 11.1. The maximum Gasteiger partial charge on any atom is 0.356 e. The molecule has 2 heterocycles. The van der Waals surface area contributed by atoms with Crippen LogP contribution < -0.4 is 5.32 Å². The molecule has 6 nitrogen and oxygen atoms in total. The molecule has 0 atom stereocenters. The van der Waals surface area contributed by atoms with E-state index in [-0.39, 0.29) is 10.7 Å². The van der Waals surface area contributed by atoms with E-state index < -0.39 is 11.8 Å². The van der Waals surface area contributed by atoms with Gasteiger partial charge in [0.1, 0.15) is 11.6 Å². The van der Waals surface area contributed by atoms with Gasteiger partial charge in [-0.15, -0.1) is 5.10 Å². The van der Waals surface area contributed by atoms with Crippen molar-refractivity contribution in [2.45, 2.75) is 6.54 Å². The highest BCUT2D eigenvalue weighted by molar-refractivity contribution is 6.30. The fourth-order valence-corrected chi connectivity index (χ4v) is 2.16. The summed E-state index contributed by atoms with van der Waals surface area (Å²) in [5.74, 6) is -1.12. The second-order valence-electron chi connectivity index (χ2n) is 4.54. The number of carboxylic acids is 1. The Morgan fingerprint density at radius 2 is 2.18 bits per heavy atom. The van der Waals surface area contributed by atoms with Crippen LogP contribution in [-0.4, -0.2) is 25.7 Å². The molecule has 0 radical (unpaired) electrons. The van der Waals surface area contributed by atoms with E-state index in [0.29, 0.717) is 18.0 Å². The normalized spacial score (nSPS) is 10.8. The lowest BCUT2D eigenvalue weighted by molar-refractivity contribution is 0.0688. The Kier molecular flexibility index (Phi) is 3.64. The lowest BCUT2D eigenvalue weighted by Crippen LogP contribution is -2.08. The van der Waals surface area contributed by atoms with Crippen molar-refractivity contribution in [3.63, 3.8) is 0 Å². The lowest BCUT2D eigenvalue weighted by Gasteiger charge is -2.07. The van der Waals surface area contributed by atoms with E-state index in [1.807, 2.05) is 0 Å². The number of carboxylic acid groups (broad SMARTS) is 1. The van der Waals surface area contributed by atoms with Crippen molar-refractivity contribution < 1.29 is 14.3 Å². The monoisotopic (exact) mass is 320 g/mol. The number of rotatable bonds is 4. The standard InChI is InChI=1S/C14H10ClFN4O2/c15-9-5-8(1-2-10(9)16)6-17-12-3-4-13-18-7-11(14(21)22)20(13)19-12/h1-5,7H,6H2,(H,17,19)(H,21,22). The van der Waals surface area contributed by atoms with Crippen molar-refractivity contribution >= 4 is 29.0 Å². The number of aromatic carboxylic acids is 1. The summed E-state index contributed by atoms with van der Waals surface area (Å²) in [4.78, 5) is 15.0. The van der Waals surface area contributed by atoms with E-state index in [2.05, 4.69) is 15.4 Å². The second kappa shape index (κ2) is 5.61. The zero-order chi connectivity index (χ0) is 15.7. The summed E-state index contributed by atoms with van der Waals surface area (Å²) in [6.45, 7) is 0.371. The highest BCUT2D eigenvalue weighted by Crippen LogP contribution is 2.17. The molecule has 1 aromatic carbocycles. The van der Waals surface area contributed by atoms with Crippen LogP contribution in [0.15, 0.2) is 36.5 Å². The molecule has 8 heteroatoms. The van der Waals surface area contributed by atoms with Gasteiger partial charge in [0.2, 0.25) is 0 Å². The summed E-state index contributed by atoms with van der Waals surface area (Å²) in [5.41, 5.74) is 1.19. The summed E-state index contributed by atoms with van der Waals surface area (Å²) >= 11 is 5.72. The van der Waals surface area contributed by atoms with Crippen LogP contribution in [0.4, 0.5) is 10.2 Å². The minimum absolute atomic E-state index is 0.0246. The number of halogens is 2. The molecule has 0 spiro atoms. The first-order valence-electron chi connectivity index (χ1n) is 6.30. The third-order valence-electron chi connectivity index (χ3n) is 3.04. The fourth-order valence-electron chi connectivity index (χ4n) is 1.96. The van der Waals surface area contributed by atoms with Crippen molar-refractivity contribution in [1.82, 2.24) is 14.6 Å². The Labute approximate surface area is 129 Å².